The van der Waals surface area contributed by atoms with Gasteiger partial charge in [-0.05, 0) is 192 Å². The first-order valence-electron chi connectivity index (χ1n) is 15.6. The van der Waals surface area contributed by atoms with Crippen LogP contribution in [-0.4, -0.2) is 5.66 Å². The van der Waals surface area contributed by atoms with Crippen LogP contribution in [0.2, 0.25) is 0 Å². The van der Waals surface area contributed by atoms with Gasteiger partial charge in [-0.2, -0.15) is 0 Å². The first-order chi connectivity index (χ1) is 20.3. The fourth-order valence-corrected chi connectivity index (χ4v) is 13.1. The van der Waals surface area contributed by atoms with E-state index in [-0.39, 0.29) is 0 Å². The summed E-state index contributed by atoms with van der Waals surface area (Å²) in [6.45, 7) is 27.6. The van der Waals surface area contributed by atoms with Crippen LogP contribution in [0.3, 0.4) is 0 Å². The van der Waals surface area contributed by atoms with Crippen LogP contribution in [0, 0.1) is 83.1 Å². The standard InChI is InChI=1S/C41H48P2/c1-24-16-20-36(32(9)28(24)5)42(37-21-17-25(2)29(6)33(37)10)40-14-13-15-41(40)43(38-22-18-26(3)30(7)34(38)11)39-23-19-27(4)31(8)35(39)12/h13-23,40H,1-12H3. The Morgan fingerprint density at radius 3 is 1.09 bits per heavy atom. The molecular formula is C41H48P2. The van der Waals surface area contributed by atoms with Crippen molar-refractivity contribution < 1.29 is 0 Å². The van der Waals surface area contributed by atoms with Gasteiger partial charge in [0.15, 0.2) is 0 Å². The van der Waals surface area contributed by atoms with E-state index >= 15 is 0 Å². The van der Waals surface area contributed by atoms with Crippen molar-refractivity contribution >= 4 is 37.1 Å². The third kappa shape index (κ3) is 5.52. The number of hydrogen-bond acceptors (Lipinski definition) is 0. The molecule has 5 rings (SSSR count). The van der Waals surface area contributed by atoms with Gasteiger partial charge >= 0.3 is 0 Å². The van der Waals surface area contributed by atoms with E-state index in [1.165, 1.54) is 88.0 Å². The van der Waals surface area contributed by atoms with E-state index in [0.717, 1.165) is 0 Å². The summed E-state index contributed by atoms with van der Waals surface area (Å²) in [5.41, 5.74) is 17.4. The molecule has 222 valence electrons. The number of allylic oxidation sites excluding steroid dienone is 4. The van der Waals surface area contributed by atoms with Gasteiger partial charge in [-0.3, -0.25) is 0 Å². The molecule has 1 aliphatic carbocycles. The van der Waals surface area contributed by atoms with Gasteiger partial charge in [0.2, 0.25) is 0 Å². The van der Waals surface area contributed by atoms with E-state index in [1.807, 2.05) is 0 Å². The number of benzene rings is 4. The maximum absolute atomic E-state index is 2.53. The third-order valence-corrected chi connectivity index (χ3v) is 16.6. The van der Waals surface area contributed by atoms with Crippen LogP contribution in [0.15, 0.2) is 72.1 Å². The van der Waals surface area contributed by atoms with Crippen molar-refractivity contribution in [2.24, 2.45) is 0 Å². The van der Waals surface area contributed by atoms with Crippen molar-refractivity contribution in [1.29, 1.82) is 0 Å². The first kappa shape index (κ1) is 31.6. The SMILES string of the molecule is Cc1ccc(P(C2=CC=CC2P(c2ccc(C)c(C)c2C)c2ccc(C)c(C)c2C)c2ccc(C)c(C)c2C)c(C)c1C. The summed E-state index contributed by atoms with van der Waals surface area (Å²) >= 11 is 0. The zero-order valence-electron chi connectivity index (χ0n) is 28.3. The average molecular weight is 603 g/mol. The quantitative estimate of drug-likeness (QED) is 0.193. The van der Waals surface area contributed by atoms with Gasteiger partial charge in [0.25, 0.3) is 0 Å². The van der Waals surface area contributed by atoms with E-state index in [1.54, 1.807) is 5.31 Å². The molecule has 0 aromatic heterocycles. The minimum absolute atomic E-state index is 0.338. The lowest BCUT2D eigenvalue weighted by atomic mass is 10.0. The summed E-state index contributed by atoms with van der Waals surface area (Å²) in [6.07, 6.45) is 7.39. The van der Waals surface area contributed by atoms with Crippen molar-refractivity contribution in [2.45, 2.75) is 88.7 Å². The van der Waals surface area contributed by atoms with Gasteiger partial charge < -0.3 is 0 Å². The Morgan fingerprint density at radius 1 is 0.395 bits per heavy atom. The first-order valence-corrected chi connectivity index (χ1v) is 18.3. The van der Waals surface area contributed by atoms with Crippen LogP contribution < -0.4 is 21.2 Å². The molecule has 0 fully saturated rings. The van der Waals surface area contributed by atoms with Gasteiger partial charge in [0.1, 0.15) is 0 Å². The Morgan fingerprint density at radius 2 is 0.721 bits per heavy atom. The maximum Gasteiger partial charge on any atom is 0.0315 e. The summed E-state index contributed by atoms with van der Waals surface area (Å²) in [6, 6.07) is 19.2. The minimum atomic E-state index is -0.736. The van der Waals surface area contributed by atoms with Crippen LogP contribution in [0.4, 0.5) is 0 Å². The average Bonchev–Trinajstić information content (AvgIpc) is 3.45. The molecule has 0 aliphatic heterocycles. The monoisotopic (exact) mass is 602 g/mol. The third-order valence-electron chi connectivity index (χ3n) is 10.5. The molecule has 2 heteroatoms. The van der Waals surface area contributed by atoms with Crippen LogP contribution >= 0.6 is 15.8 Å². The second kappa shape index (κ2) is 12.3. The number of aryl methyl sites for hydroxylation is 4. The molecule has 43 heavy (non-hydrogen) atoms. The highest BCUT2D eigenvalue weighted by Gasteiger charge is 2.36. The van der Waals surface area contributed by atoms with Crippen LogP contribution in [0.1, 0.15) is 66.8 Å². The van der Waals surface area contributed by atoms with Crippen molar-refractivity contribution in [3.63, 3.8) is 0 Å². The predicted molar refractivity (Wildman–Crippen MR) is 196 cm³/mol. The molecule has 1 atom stereocenters. The Labute approximate surface area is 263 Å². The summed E-state index contributed by atoms with van der Waals surface area (Å²) in [4.78, 5) is 0. The highest BCUT2D eigenvalue weighted by Crippen LogP contribution is 2.58. The lowest BCUT2D eigenvalue weighted by Crippen LogP contribution is -2.28. The lowest BCUT2D eigenvalue weighted by Gasteiger charge is -2.35. The molecule has 0 nitrogen and oxygen atoms in total. The highest BCUT2D eigenvalue weighted by atomic mass is 31.1. The van der Waals surface area contributed by atoms with Gasteiger partial charge in [-0.15, -0.1) is 0 Å². The van der Waals surface area contributed by atoms with Crippen LogP contribution in [0.25, 0.3) is 0 Å². The Balaban J connectivity index is 1.80. The molecule has 0 bridgehead atoms. The molecule has 0 amide bonds. The van der Waals surface area contributed by atoms with E-state index < -0.39 is 15.8 Å². The summed E-state index contributed by atoms with van der Waals surface area (Å²) in [5, 5.41) is 7.65. The topological polar surface area (TPSA) is 0 Å². The largest absolute Gasteiger partial charge is 0.0721 e. The van der Waals surface area contributed by atoms with Gasteiger partial charge in [0.05, 0.1) is 0 Å². The second-order valence-electron chi connectivity index (χ2n) is 12.7. The fraction of sp³-hybridized carbons (Fsp3) is 0.317. The molecule has 0 spiro atoms. The fourth-order valence-electron chi connectivity index (χ4n) is 6.49. The normalized spacial score (nSPS) is 14.7. The summed E-state index contributed by atoms with van der Waals surface area (Å²) in [7, 11) is -1.42. The predicted octanol–water partition coefficient (Wildman–Crippen LogP) is 9.78. The smallest absolute Gasteiger partial charge is 0.0315 e. The summed E-state index contributed by atoms with van der Waals surface area (Å²) in [5.74, 6) is 0. The van der Waals surface area contributed by atoms with E-state index in [2.05, 4.69) is 150 Å². The van der Waals surface area contributed by atoms with Gasteiger partial charge in [-0.1, -0.05) is 66.8 Å². The van der Waals surface area contributed by atoms with Crippen molar-refractivity contribution in [3.8, 4) is 0 Å². The summed E-state index contributed by atoms with van der Waals surface area (Å²) < 4.78 is 0. The van der Waals surface area contributed by atoms with E-state index in [0.29, 0.717) is 5.66 Å². The lowest BCUT2D eigenvalue weighted by molar-refractivity contribution is 1.27. The number of hydrogen-bond donors (Lipinski definition) is 0. The molecule has 0 radical (unpaired) electrons. The Bertz CT molecular complexity index is 1680. The van der Waals surface area contributed by atoms with Gasteiger partial charge in [0, 0.05) is 5.66 Å². The molecule has 0 heterocycles. The van der Waals surface area contributed by atoms with E-state index in [9.17, 15) is 0 Å². The van der Waals surface area contributed by atoms with Crippen LogP contribution in [-0.2, 0) is 0 Å². The molecular weight excluding hydrogens is 554 g/mol. The zero-order chi connectivity index (χ0) is 31.3. The molecule has 0 saturated heterocycles. The molecule has 0 N–H and O–H groups in total. The van der Waals surface area contributed by atoms with E-state index in [4.69, 9.17) is 0 Å². The van der Waals surface area contributed by atoms with Crippen molar-refractivity contribution in [3.05, 3.63) is 139 Å². The number of rotatable bonds is 6. The minimum Gasteiger partial charge on any atom is -0.0721 e. The highest BCUT2D eigenvalue weighted by molar-refractivity contribution is 7.80. The Hall–Kier alpha value is -2.78. The molecule has 4 aromatic carbocycles. The molecule has 1 unspecified atom stereocenters. The maximum atomic E-state index is 2.53. The second-order valence-corrected chi connectivity index (χ2v) is 17.1. The molecule has 0 saturated carbocycles. The Kier molecular flexibility index (Phi) is 9.06. The van der Waals surface area contributed by atoms with Crippen molar-refractivity contribution in [1.82, 2.24) is 0 Å². The molecule has 1 aliphatic rings. The van der Waals surface area contributed by atoms with Crippen molar-refractivity contribution in [2.75, 3.05) is 0 Å². The van der Waals surface area contributed by atoms with Gasteiger partial charge in [-0.25, -0.2) is 0 Å². The zero-order valence-corrected chi connectivity index (χ0v) is 30.1. The molecule has 4 aromatic rings. The van der Waals surface area contributed by atoms with Crippen LogP contribution in [0.5, 0.6) is 0 Å².